The molecular formula is C20H23N3O2. The van der Waals surface area contributed by atoms with Crippen molar-refractivity contribution in [2.45, 2.75) is 13.8 Å². The van der Waals surface area contributed by atoms with Gasteiger partial charge in [0.15, 0.2) is 0 Å². The largest absolute Gasteiger partial charge is 0.494 e. The van der Waals surface area contributed by atoms with Crippen LogP contribution in [0.25, 0.3) is 6.08 Å². The summed E-state index contributed by atoms with van der Waals surface area (Å²) in [6, 6.07) is 17.4. The number of benzene rings is 2. The lowest BCUT2D eigenvalue weighted by Crippen LogP contribution is -2.26. The van der Waals surface area contributed by atoms with E-state index in [2.05, 4.69) is 15.8 Å². The van der Waals surface area contributed by atoms with Crippen LogP contribution in [-0.2, 0) is 4.79 Å². The van der Waals surface area contributed by atoms with Crippen molar-refractivity contribution >= 4 is 23.4 Å². The average molecular weight is 337 g/mol. The molecule has 0 saturated heterocycles. The van der Waals surface area contributed by atoms with E-state index in [1.54, 1.807) is 0 Å². The molecule has 0 aromatic heterocycles. The molecule has 2 aromatic carbocycles. The van der Waals surface area contributed by atoms with Crippen molar-refractivity contribution in [2.24, 2.45) is 5.10 Å². The van der Waals surface area contributed by atoms with Crippen LogP contribution in [0.15, 0.2) is 65.8 Å². The Balaban J connectivity index is 1.76. The number of hydrogen-bond acceptors (Lipinski definition) is 4. The highest BCUT2D eigenvalue weighted by Crippen LogP contribution is 2.15. The molecule has 5 heteroatoms. The first-order valence-corrected chi connectivity index (χ1v) is 8.20. The van der Waals surface area contributed by atoms with Crippen molar-refractivity contribution in [3.63, 3.8) is 0 Å². The minimum atomic E-state index is -0.207. The summed E-state index contributed by atoms with van der Waals surface area (Å²) in [6.07, 6.45) is 3.80. The summed E-state index contributed by atoms with van der Waals surface area (Å²) >= 11 is 0. The van der Waals surface area contributed by atoms with Gasteiger partial charge in [0.1, 0.15) is 5.75 Å². The molecule has 0 radical (unpaired) electrons. The topological polar surface area (TPSA) is 62.7 Å². The van der Waals surface area contributed by atoms with Gasteiger partial charge >= 0.3 is 0 Å². The zero-order valence-corrected chi connectivity index (χ0v) is 14.5. The second kappa shape index (κ2) is 9.93. The van der Waals surface area contributed by atoms with Crippen LogP contribution in [0.4, 0.5) is 5.69 Å². The van der Waals surface area contributed by atoms with Gasteiger partial charge in [0.2, 0.25) is 0 Å². The van der Waals surface area contributed by atoms with Gasteiger partial charge in [0.05, 0.1) is 18.9 Å². The van der Waals surface area contributed by atoms with E-state index in [4.69, 9.17) is 4.74 Å². The lowest BCUT2D eigenvalue weighted by Gasteiger charge is -2.07. The molecule has 0 fully saturated rings. The molecule has 0 unspecified atom stereocenters. The summed E-state index contributed by atoms with van der Waals surface area (Å²) in [6.45, 7) is 4.55. The normalized spacial score (nSPS) is 11.4. The van der Waals surface area contributed by atoms with Crippen molar-refractivity contribution in [3.05, 3.63) is 66.2 Å². The Bertz CT molecular complexity index is 722. The number of carbonyl (C=O) groups is 1. The molecule has 1 amide bonds. The number of hydrazone groups is 1. The average Bonchev–Trinajstić information content (AvgIpc) is 2.65. The monoisotopic (exact) mass is 337 g/mol. The van der Waals surface area contributed by atoms with Gasteiger partial charge in [-0.1, -0.05) is 36.4 Å². The van der Waals surface area contributed by atoms with Gasteiger partial charge in [0, 0.05) is 5.69 Å². The van der Waals surface area contributed by atoms with Crippen LogP contribution < -0.4 is 15.5 Å². The highest BCUT2D eigenvalue weighted by molar-refractivity contribution is 5.97. The second-order valence-electron chi connectivity index (χ2n) is 5.34. The third-order valence-electron chi connectivity index (χ3n) is 3.29. The molecule has 5 nitrogen and oxygen atoms in total. The highest BCUT2D eigenvalue weighted by Gasteiger charge is 2.00. The van der Waals surface area contributed by atoms with Crippen LogP contribution >= 0.6 is 0 Å². The van der Waals surface area contributed by atoms with Crippen LogP contribution in [0.3, 0.4) is 0 Å². The van der Waals surface area contributed by atoms with Gasteiger partial charge in [-0.3, -0.25) is 4.79 Å². The first-order chi connectivity index (χ1) is 12.2. The summed E-state index contributed by atoms with van der Waals surface area (Å²) < 4.78 is 5.37. The molecule has 0 spiro atoms. The molecular weight excluding hydrogens is 314 g/mol. The maximum absolute atomic E-state index is 11.8. The van der Waals surface area contributed by atoms with Crippen molar-refractivity contribution in [1.29, 1.82) is 0 Å². The molecule has 0 aliphatic heterocycles. The van der Waals surface area contributed by atoms with E-state index in [0.717, 1.165) is 22.7 Å². The van der Waals surface area contributed by atoms with Crippen LogP contribution in [0.2, 0.25) is 0 Å². The van der Waals surface area contributed by atoms with E-state index >= 15 is 0 Å². The summed E-state index contributed by atoms with van der Waals surface area (Å²) in [7, 11) is 0. The van der Waals surface area contributed by atoms with Crippen LogP contribution in [0.5, 0.6) is 5.75 Å². The molecule has 0 aliphatic rings. The van der Waals surface area contributed by atoms with Crippen molar-refractivity contribution in [2.75, 3.05) is 18.5 Å². The Kier molecular flexibility index (Phi) is 7.25. The van der Waals surface area contributed by atoms with Crippen molar-refractivity contribution in [1.82, 2.24) is 5.43 Å². The number of hydrogen-bond donors (Lipinski definition) is 2. The second-order valence-corrected chi connectivity index (χ2v) is 5.34. The standard InChI is InChI=1S/C20H23N3O2/c1-3-25-19-13-11-18(12-14-19)21-15-20(24)23-22-16(2)9-10-17-7-5-4-6-8-17/h4-14,21H,3,15H2,1-2H3,(H,23,24). The number of allylic oxidation sites excluding steroid dienone is 1. The fraction of sp³-hybridized carbons (Fsp3) is 0.200. The lowest BCUT2D eigenvalue weighted by atomic mass is 10.2. The number of nitrogens with one attached hydrogen (secondary N) is 2. The predicted molar refractivity (Wildman–Crippen MR) is 103 cm³/mol. The maximum atomic E-state index is 11.8. The Labute approximate surface area is 148 Å². The zero-order valence-electron chi connectivity index (χ0n) is 14.5. The first-order valence-electron chi connectivity index (χ1n) is 8.20. The summed E-state index contributed by atoms with van der Waals surface area (Å²) in [5.41, 5.74) is 5.19. The highest BCUT2D eigenvalue weighted by atomic mass is 16.5. The van der Waals surface area contributed by atoms with E-state index in [9.17, 15) is 4.79 Å². The number of ether oxygens (including phenoxy) is 1. The fourth-order valence-corrected chi connectivity index (χ4v) is 2.03. The summed E-state index contributed by atoms with van der Waals surface area (Å²) in [4.78, 5) is 11.8. The molecule has 0 bridgehead atoms. The zero-order chi connectivity index (χ0) is 17.9. The lowest BCUT2D eigenvalue weighted by molar-refractivity contribution is -0.119. The Hall–Kier alpha value is -3.08. The number of nitrogens with zero attached hydrogens (tertiary/aromatic N) is 1. The summed E-state index contributed by atoms with van der Waals surface area (Å²) in [5, 5.41) is 7.10. The van der Waals surface area contributed by atoms with E-state index in [1.165, 1.54) is 0 Å². The van der Waals surface area contributed by atoms with Gasteiger partial charge < -0.3 is 10.1 Å². The van der Waals surface area contributed by atoms with Crippen LogP contribution in [0, 0.1) is 0 Å². The van der Waals surface area contributed by atoms with E-state index in [0.29, 0.717) is 6.61 Å². The van der Waals surface area contributed by atoms with E-state index in [-0.39, 0.29) is 12.5 Å². The number of rotatable bonds is 8. The van der Waals surface area contributed by atoms with Gasteiger partial charge in [-0.05, 0) is 49.8 Å². The quantitative estimate of drug-likeness (QED) is 0.570. The number of carbonyl (C=O) groups excluding carboxylic acids is 1. The van der Waals surface area contributed by atoms with Gasteiger partial charge in [-0.15, -0.1) is 0 Å². The van der Waals surface area contributed by atoms with Crippen molar-refractivity contribution in [3.8, 4) is 5.75 Å². The molecule has 0 atom stereocenters. The van der Waals surface area contributed by atoms with Crippen LogP contribution in [0.1, 0.15) is 19.4 Å². The number of anilines is 1. The molecule has 0 aliphatic carbocycles. The number of amides is 1. The Morgan fingerprint density at radius 1 is 1.12 bits per heavy atom. The molecule has 2 aromatic rings. The molecule has 130 valence electrons. The molecule has 2 N–H and O–H groups in total. The molecule has 0 saturated carbocycles. The SMILES string of the molecule is CCOc1ccc(NCC(=O)NN=C(C)C=Cc2ccccc2)cc1. The minimum absolute atomic E-state index is 0.146. The predicted octanol–water partition coefficient (Wildman–Crippen LogP) is 3.70. The third-order valence-corrected chi connectivity index (χ3v) is 3.29. The van der Waals surface area contributed by atoms with Gasteiger partial charge in [0.25, 0.3) is 5.91 Å². The first kappa shape index (κ1) is 18.3. The Morgan fingerprint density at radius 3 is 2.52 bits per heavy atom. The summed E-state index contributed by atoms with van der Waals surface area (Å²) in [5.74, 6) is 0.601. The third kappa shape index (κ3) is 6.91. The van der Waals surface area contributed by atoms with E-state index < -0.39 is 0 Å². The van der Waals surface area contributed by atoms with Crippen molar-refractivity contribution < 1.29 is 9.53 Å². The molecule has 25 heavy (non-hydrogen) atoms. The smallest absolute Gasteiger partial charge is 0.259 e. The van der Waals surface area contributed by atoms with Gasteiger partial charge in [-0.25, -0.2) is 5.43 Å². The molecule has 2 rings (SSSR count). The maximum Gasteiger partial charge on any atom is 0.259 e. The fourth-order valence-electron chi connectivity index (χ4n) is 2.03. The molecule has 0 heterocycles. The van der Waals surface area contributed by atoms with E-state index in [1.807, 2.05) is 80.6 Å². The minimum Gasteiger partial charge on any atom is -0.494 e. The van der Waals surface area contributed by atoms with Gasteiger partial charge in [-0.2, -0.15) is 5.10 Å². The Morgan fingerprint density at radius 2 is 1.84 bits per heavy atom. The van der Waals surface area contributed by atoms with Crippen LogP contribution in [-0.4, -0.2) is 24.8 Å².